The number of benzene rings is 2. The van der Waals surface area contributed by atoms with Crippen LogP contribution in [0.25, 0.3) is 10.9 Å². The maximum Gasteiger partial charge on any atom is 0.259 e. The van der Waals surface area contributed by atoms with E-state index in [1.54, 1.807) is 42.5 Å². The van der Waals surface area contributed by atoms with Crippen LogP contribution < -0.4 is 10.9 Å². The van der Waals surface area contributed by atoms with Gasteiger partial charge in [0.25, 0.3) is 11.5 Å². The first-order chi connectivity index (χ1) is 15.5. The van der Waals surface area contributed by atoms with Crippen LogP contribution in [0.4, 0.5) is 0 Å². The quantitative estimate of drug-likeness (QED) is 0.425. The molecule has 0 spiro atoms. The zero-order valence-corrected chi connectivity index (χ0v) is 18.9. The standard InChI is InChI=1S/C23H23ClN4O3S/c24-16-7-5-15(6-8-16)22(31)28-12-9-17(10-13-28)25-20(29)11-14-32-23-26-19-4-2-1-3-18(19)21(30)27-23/h1-8,17H,9-14H2,(H,25,29)(H,26,27,30). The van der Waals surface area contributed by atoms with E-state index in [1.807, 2.05) is 11.0 Å². The Hall–Kier alpha value is -2.84. The molecule has 0 bridgehead atoms. The fraction of sp³-hybridized carbons (Fsp3) is 0.304. The lowest BCUT2D eigenvalue weighted by Crippen LogP contribution is -2.46. The van der Waals surface area contributed by atoms with E-state index >= 15 is 0 Å². The third-order valence-corrected chi connectivity index (χ3v) is 6.52. The van der Waals surface area contributed by atoms with Crippen molar-refractivity contribution in [1.82, 2.24) is 20.2 Å². The first kappa shape index (κ1) is 22.4. The Morgan fingerprint density at radius 1 is 1.12 bits per heavy atom. The Morgan fingerprint density at radius 2 is 1.84 bits per heavy atom. The van der Waals surface area contributed by atoms with Crippen LogP contribution in [-0.4, -0.2) is 51.6 Å². The van der Waals surface area contributed by atoms with Gasteiger partial charge in [-0.1, -0.05) is 35.5 Å². The molecular weight excluding hydrogens is 448 g/mol. The van der Waals surface area contributed by atoms with E-state index in [0.29, 0.717) is 51.9 Å². The summed E-state index contributed by atoms with van der Waals surface area (Å²) in [6, 6.07) is 14.1. The number of likely N-dealkylation sites (tertiary alicyclic amines) is 1. The zero-order chi connectivity index (χ0) is 22.5. The number of aromatic nitrogens is 2. The van der Waals surface area contributed by atoms with Crippen LogP contribution in [-0.2, 0) is 4.79 Å². The van der Waals surface area contributed by atoms with Gasteiger partial charge >= 0.3 is 0 Å². The number of hydrogen-bond acceptors (Lipinski definition) is 5. The molecule has 0 unspecified atom stereocenters. The van der Waals surface area contributed by atoms with E-state index in [4.69, 9.17) is 11.6 Å². The van der Waals surface area contributed by atoms with Crippen molar-refractivity contribution in [3.05, 3.63) is 69.5 Å². The summed E-state index contributed by atoms with van der Waals surface area (Å²) < 4.78 is 0. The van der Waals surface area contributed by atoms with Crippen LogP contribution in [0.1, 0.15) is 29.6 Å². The van der Waals surface area contributed by atoms with E-state index < -0.39 is 0 Å². The highest BCUT2D eigenvalue weighted by Crippen LogP contribution is 2.18. The van der Waals surface area contributed by atoms with Gasteiger partial charge in [-0.2, -0.15) is 0 Å². The van der Waals surface area contributed by atoms with E-state index in [9.17, 15) is 14.4 Å². The number of carbonyl (C=O) groups is 2. The predicted octanol–water partition coefficient (Wildman–Crippen LogP) is 3.48. The molecule has 3 aromatic rings. The first-order valence-electron chi connectivity index (χ1n) is 10.5. The molecule has 0 saturated carbocycles. The van der Waals surface area contributed by atoms with Crippen molar-refractivity contribution in [2.24, 2.45) is 0 Å². The van der Waals surface area contributed by atoms with E-state index in [0.717, 1.165) is 12.8 Å². The molecule has 0 radical (unpaired) electrons. The Balaban J connectivity index is 1.21. The summed E-state index contributed by atoms with van der Waals surface area (Å²) in [4.78, 5) is 46.0. The van der Waals surface area contributed by atoms with Crippen molar-refractivity contribution in [3.63, 3.8) is 0 Å². The third kappa shape index (κ3) is 5.49. The largest absolute Gasteiger partial charge is 0.353 e. The summed E-state index contributed by atoms with van der Waals surface area (Å²) in [5, 5.41) is 4.71. The number of rotatable bonds is 6. The Labute approximate surface area is 194 Å². The molecule has 4 rings (SSSR count). The molecule has 2 N–H and O–H groups in total. The molecule has 1 aliphatic heterocycles. The average Bonchev–Trinajstić information content (AvgIpc) is 2.80. The fourth-order valence-electron chi connectivity index (χ4n) is 3.68. The number of thioether (sulfide) groups is 1. The summed E-state index contributed by atoms with van der Waals surface area (Å²) in [5.74, 6) is 0.462. The van der Waals surface area contributed by atoms with Crippen molar-refractivity contribution in [2.75, 3.05) is 18.8 Å². The second-order valence-corrected chi connectivity index (χ2v) is 9.15. The van der Waals surface area contributed by atoms with Crippen LogP contribution >= 0.6 is 23.4 Å². The molecule has 2 aromatic carbocycles. The molecule has 0 aliphatic carbocycles. The molecule has 1 aromatic heterocycles. The van der Waals surface area contributed by atoms with Gasteiger partial charge < -0.3 is 15.2 Å². The maximum atomic E-state index is 12.6. The van der Waals surface area contributed by atoms with E-state index in [1.165, 1.54) is 11.8 Å². The molecule has 1 saturated heterocycles. The number of carbonyl (C=O) groups excluding carboxylic acids is 2. The minimum atomic E-state index is -0.178. The number of halogens is 1. The highest BCUT2D eigenvalue weighted by molar-refractivity contribution is 7.99. The van der Waals surface area contributed by atoms with E-state index in [2.05, 4.69) is 15.3 Å². The summed E-state index contributed by atoms with van der Waals surface area (Å²) in [5.41, 5.74) is 1.08. The third-order valence-electron chi connectivity index (χ3n) is 5.40. The lowest BCUT2D eigenvalue weighted by atomic mass is 10.0. The Morgan fingerprint density at radius 3 is 2.59 bits per heavy atom. The fourth-order valence-corrected chi connectivity index (χ4v) is 4.61. The highest BCUT2D eigenvalue weighted by atomic mass is 35.5. The SMILES string of the molecule is O=C(CCSc1nc2ccccc2c(=O)[nH]1)NC1CCN(C(=O)c2ccc(Cl)cc2)CC1. The predicted molar refractivity (Wildman–Crippen MR) is 126 cm³/mol. The molecule has 0 atom stereocenters. The van der Waals surface area contributed by atoms with Crippen LogP contribution in [0, 0.1) is 0 Å². The molecule has 32 heavy (non-hydrogen) atoms. The van der Waals surface area contributed by atoms with Crippen LogP contribution in [0.2, 0.25) is 5.02 Å². The number of nitrogens with zero attached hydrogens (tertiary/aromatic N) is 2. The lowest BCUT2D eigenvalue weighted by molar-refractivity contribution is -0.121. The number of piperidine rings is 1. The molecule has 9 heteroatoms. The van der Waals surface area contributed by atoms with Gasteiger partial charge in [0.15, 0.2) is 5.16 Å². The van der Waals surface area contributed by atoms with Gasteiger partial charge in [0.2, 0.25) is 5.91 Å². The Bertz CT molecular complexity index is 1170. The normalized spacial score (nSPS) is 14.5. The van der Waals surface area contributed by atoms with Crippen LogP contribution in [0.15, 0.2) is 58.5 Å². The topological polar surface area (TPSA) is 95.2 Å². The molecule has 2 heterocycles. The Kier molecular flexibility index (Phi) is 7.12. The van der Waals surface area contributed by atoms with Gasteiger partial charge in [0.05, 0.1) is 10.9 Å². The number of nitrogens with one attached hydrogen (secondary N) is 2. The smallest absolute Gasteiger partial charge is 0.259 e. The minimum Gasteiger partial charge on any atom is -0.353 e. The average molecular weight is 471 g/mol. The van der Waals surface area contributed by atoms with Gasteiger partial charge in [-0.25, -0.2) is 4.98 Å². The van der Waals surface area contributed by atoms with Crippen molar-refractivity contribution < 1.29 is 9.59 Å². The molecular formula is C23H23ClN4O3S. The number of aromatic amines is 1. The monoisotopic (exact) mass is 470 g/mol. The van der Waals surface area contributed by atoms with Gasteiger partial charge in [0.1, 0.15) is 0 Å². The molecule has 2 amide bonds. The van der Waals surface area contributed by atoms with Crippen LogP contribution in [0.3, 0.4) is 0 Å². The molecule has 7 nitrogen and oxygen atoms in total. The number of hydrogen-bond donors (Lipinski definition) is 2. The van der Waals surface area contributed by atoms with Crippen LogP contribution in [0.5, 0.6) is 0 Å². The summed E-state index contributed by atoms with van der Waals surface area (Å²) in [6.07, 6.45) is 1.76. The van der Waals surface area contributed by atoms with E-state index in [-0.39, 0.29) is 23.4 Å². The summed E-state index contributed by atoms with van der Waals surface area (Å²) >= 11 is 7.24. The number of amides is 2. The van der Waals surface area contributed by atoms with Crippen molar-refractivity contribution in [1.29, 1.82) is 0 Å². The molecule has 1 aliphatic rings. The van der Waals surface area contributed by atoms with Gasteiger partial charge in [0, 0.05) is 41.9 Å². The van der Waals surface area contributed by atoms with Crippen molar-refractivity contribution >= 4 is 46.1 Å². The number of H-pyrrole nitrogens is 1. The highest BCUT2D eigenvalue weighted by Gasteiger charge is 2.24. The molecule has 1 fully saturated rings. The van der Waals surface area contributed by atoms with Gasteiger partial charge in [-0.3, -0.25) is 14.4 Å². The van der Waals surface area contributed by atoms with Crippen molar-refractivity contribution in [2.45, 2.75) is 30.5 Å². The second kappa shape index (κ2) is 10.2. The summed E-state index contributed by atoms with van der Waals surface area (Å²) in [7, 11) is 0. The maximum absolute atomic E-state index is 12.6. The van der Waals surface area contributed by atoms with Gasteiger partial charge in [-0.15, -0.1) is 0 Å². The minimum absolute atomic E-state index is 0.0141. The number of para-hydroxylation sites is 1. The van der Waals surface area contributed by atoms with Crippen molar-refractivity contribution in [3.8, 4) is 0 Å². The number of fused-ring (bicyclic) bond motifs is 1. The van der Waals surface area contributed by atoms with Gasteiger partial charge in [-0.05, 0) is 49.2 Å². The molecule has 166 valence electrons. The lowest BCUT2D eigenvalue weighted by Gasteiger charge is -2.32. The first-order valence-corrected chi connectivity index (χ1v) is 11.8. The summed E-state index contributed by atoms with van der Waals surface area (Å²) in [6.45, 7) is 1.20. The second-order valence-electron chi connectivity index (χ2n) is 7.63. The zero-order valence-electron chi connectivity index (χ0n) is 17.3.